The number of carbonyl (C=O) groups excluding carboxylic acids is 3. The van der Waals surface area contributed by atoms with E-state index < -0.39 is 35.7 Å². The summed E-state index contributed by atoms with van der Waals surface area (Å²) in [5, 5.41) is 9.01. The second kappa shape index (κ2) is 6.07. The van der Waals surface area contributed by atoms with Crippen molar-refractivity contribution >= 4 is 23.6 Å². The molecular formula is C18H14N2O6. The summed E-state index contributed by atoms with van der Waals surface area (Å²) in [7, 11) is 1.46. The molecule has 0 radical (unpaired) electrons. The normalized spacial score (nSPS) is 13.1. The molecule has 26 heavy (non-hydrogen) atoms. The number of carboxylic acid groups (broad SMARTS) is 1. The zero-order chi connectivity index (χ0) is 19.2. The van der Waals surface area contributed by atoms with E-state index in [1.54, 1.807) is 19.1 Å². The highest BCUT2D eigenvalue weighted by Gasteiger charge is 2.36. The van der Waals surface area contributed by atoms with Gasteiger partial charge in [-0.2, -0.15) is 0 Å². The number of carbonyl (C=O) groups is 4. The number of pyridine rings is 1. The number of fused-ring (bicyclic) bond motifs is 1. The number of hydrogen-bond donors (Lipinski definition) is 1. The molecule has 0 bridgehead atoms. The number of imide groups is 1. The smallest absolute Gasteiger partial charge is 0.377 e. The number of aliphatic carboxylic acids is 1. The zero-order valence-electron chi connectivity index (χ0n) is 14.0. The second-order valence-electron chi connectivity index (χ2n) is 5.92. The molecule has 1 N–H and O–H groups in total. The summed E-state index contributed by atoms with van der Waals surface area (Å²) in [6.07, 6.45) is 0. The first-order chi connectivity index (χ1) is 12.2. The monoisotopic (exact) mass is 354 g/mol. The number of carboxylic acids is 1. The Kier molecular flexibility index (Phi) is 4.03. The Labute approximate surface area is 147 Å². The quantitative estimate of drug-likeness (QED) is 0.492. The van der Waals surface area contributed by atoms with Gasteiger partial charge in [-0.05, 0) is 25.1 Å². The molecule has 3 rings (SSSR count). The molecule has 132 valence electrons. The van der Waals surface area contributed by atoms with Crippen LogP contribution in [0, 0.1) is 6.92 Å². The molecule has 0 aliphatic carbocycles. The van der Waals surface area contributed by atoms with Gasteiger partial charge in [-0.15, -0.1) is 0 Å². The molecule has 2 heterocycles. The molecule has 0 spiro atoms. The number of rotatable bonds is 4. The molecule has 0 saturated heterocycles. The van der Waals surface area contributed by atoms with Crippen LogP contribution in [0.4, 0.5) is 0 Å². The van der Waals surface area contributed by atoms with Gasteiger partial charge in [-0.1, -0.05) is 12.1 Å². The zero-order valence-corrected chi connectivity index (χ0v) is 14.0. The largest absolute Gasteiger partial charge is 0.475 e. The van der Waals surface area contributed by atoms with Crippen LogP contribution in [0.3, 0.4) is 0 Å². The van der Waals surface area contributed by atoms with Gasteiger partial charge in [0.1, 0.15) is 0 Å². The molecule has 0 atom stereocenters. The average Bonchev–Trinajstić information content (AvgIpc) is 2.86. The van der Waals surface area contributed by atoms with E-state index in [0.717, 1.165) is 4.90 Å². The first kappa shape index (κ1) is 17.3. The average molecular weight is 354 g/mol. The number of Topliss-reactive ketones (excluding diaryl/α,β-unsaturated/α-hetero) is 1. The molecule has 1 aliphatic heterocycles. The summed E-state index contributed by atoms with van der Waals surface area (Å²) in [4.78, 5) is 61.5. The lowest BCUT2D eigenvalue weighted by Crippen LogP contribution is -2.36. The van der Waals surface area contributed by atoms with Crippen molar-refractivity contribution in [2.24, 2.45) is 7.05 Å². The first-order valence-corrected chi connectivity index (χ1v) is 7.66. The maximum atomic E-state index is 12.6. The molecule has 2 amide bonds. The van der Waals surface area contributed by atoms with Crippen molar-refractivity contribution in [2.75, 3.05) is 0 Å². The van der Waals surface area contributed by atoms with Crippen molar-refractivity contribution in [1.29, 1.82) is 0 Å². The van der Waals surface area contributed by atoms with Crippen LogP contribution in [0.5, 0.6) is 0 Å². The van der Waals surface area contributed by atoms with E-state index in [-0.39, 0.29) is 22.3 Å². The maximum absolute atomic E-state index is 12.6. The molecule has 1 aliphatic rings. The predicted octanol–water partition coefficient (Wildman–Crippen LogP) is 0.757. The van der Waals surface area contributed by atoms with Crippen LogP contribution in [0.15, 0.2) is 35.1 Å². The highest BCUT2D eigenvalue weighted by atomic mass is 16.4. The molecule has 0 unspecified atom stereocenters. The molecular weight excluding hydrogens is 340 g/mol. The van der Waals surface area contributed by atoms with Gasteiger partial charge in [-0.3, -0.25) is 24.1 Å². The van der Waals surface area contributed by atoms with Crippen LogP contribution in [-0.4, -0.2) is 38.1 Å². The van der Waals surface area contributed by atoms with Gasteiger partial charge in [0, 0.05) is 23.9 Å². The lowest BCUT2D eigenvalue weighted by atomic mass is 10.0. The first-order valence-electron chi connectivity index (χ1n) is 7.66. The Balaban J connectivity index is 2.12. The minimum absolute atomic E-state index is 0.201. The van der Waals surface area contributed by atoms with Crippen molar-refractivity contribution in [3.63, 3.8) is 0 Å². The Morgan fingerprint density at radius 1 is 1.04 bits per heavy atom. The Morgan fingerprint density at radius 3 is 2.08 bits per heavy atom. The third-order valence-electron chi connectivity index (χ3n) is 4.40. The van der Waals surface area contributed by atoms with Gasteiger partial charge in [-0.25, -0.2) is 4.79 Å². The second-order valence-corrected chi connectivity index (χ2v) is 5.92. The van der Waals surface area contributed by atoms with E-state index in [4.69, 9.17) is 5.11 Å². The Bertz CT molecular complexity index is 1020. The van der Waals surface area contributed by atoms with E-state index in [0.29, 0.717) is 5.69 Å². The lowest BCUT2D eigenvalue weighted by Gasteiger charge is -2.17. The van der Waals surface area contributed by atoms with Crippen LogP contribution in [-0.2, 0) is 18.4 Å². The van der Waals surface area contributed by atoms with E-state index >= 15 is 0 Å². The van der Waals surface area contributed by atoms with Crippen molar-refractivity contribution in [1.82, 2.24) is 9.47 Å². The van der Waals surface area contributed by atoms with Crippen LogP contribution in [0.1, 0.15) is 42.3 Å². The summed E-state index contributed by atoms with van der Waals surface area (Å²) in [5.74, 6) is -4.18. The molecule has 2 aromatic rings. The number of aromatic nitrogens is 1. The van der Waals surface area contributed by atoms with Gasteiger partial charge in [0.05, 0.1) is 17.7 Å². The fourth-order valence-corrected chi connectivity index (χ4v) is 2.88. The van der Waals surface area contributed by atoms with Crippen LogP contribution < -0.4 is 5.56 Å². The van der Waals surface area contributed by atoms with Gasteiger partial charge >= 0.3 is 5.97 Å². The Morgan fingerprint density at radius 2 is 1.58 bits per heavy atom. The van der Waals surface area contributed by atoms with Crippen LogP contribution in [0.25, 0.3) is 0 Å². The predicted molar refractivity (Wildman–Crippen MR) is 89.0 cm³/mol. The molecule has 1 aromatic carbocycles. The van der Waals surface area contributed by atoms with Crippen LogP contribution in [0.2, 0.25) is 0 Å². The topological polar surface area (TPSA) is 114 Å². The van der Waals surface area contributed by atoms with Gasteiger partial charge in [0.15, 0.2) is 0 Å². The third-order valence-corrected chi connectivity index (χ3v) is 4.40. The summed E-state index contributed by atoms with van der Waals surface area (Å²) < 4.78 is 1.23. The maximum Gasteiger partial charge on any atom is 0.377 e. The van der Waals surface area contributed by atoms with Crippen molar-refractivity contribution in [3.05, 3.63) is 68.6 Å². The van der Waals surface area contributed by atoms with Crippen LogP contribution >= 0.6 is 0 Å². The van der Waals surface area contributed by atoms with Gasteiger partial charge in [0.25, 0.3) is 23.2 Å². The minimum atomic E-state index is -1.72. The SMILES string of the molecule is Cc1cc(C(=O)C(=O)O)c(CN2C(=O)c3ccccc3C2=O)c(=O)n1C. The lowest BCUT2D eigenvalue weighted by molar-refractivity contribution is -0.131. The highest BCUT2D eigenvalue weighted by molar-refractivity contribution is 6.40. The summed E-state index contributed by atoms with van der Waals surface area (Å²) in [6, 6.07) is 7.47. The van der Waals surface area contributed by atoms with Gasteiger partial charge < -0.3 is 9.67 Å². The fourth-order valence-electron chi connectivity index (χ4n) is 2.88. The number of ketones is 1. The number of hydrogen-bond acceptors (Lipinski definition) is 5. The highest BCUT2D eigenvalue weighted by Crippen LogP contribution is 2.24. The van der Waals surface area contributed by atoms with Crippen molar-refractivity contribution in [2.45, 2.75) is 13.5 Å². The summed E-state index contributed by atoms with van der Waals surface area (Å²) in [6.45, 7) is 1.07. The van der Waals surface area contributed by atoms with E-state index in [1.807, 2.05) is 0 Å². The molecule has 8 nitrogen and oxygen atoms in total. The number of nitrogens with zero attached hydrogens (tertiary/aromatic N) is 2. The molecule has 8 heteroatoms. The molecule has 0 saturated carbocycles. The van der Waals surface area contributed by atoms with E-state index in [2.05, 4.69) is 0 Å². The standard InChI is InChI=1S/C18H14N2O6/c1-9-7-12(14(21)18(25)26)13(15(22)19(9)2)8-20-16(23)10-5-3-4-6-11(10)17(20)24/h3-7H,8H2,1-2H3,(H,25,26). The Hall–Kier alpha value is -3.55. The minimum Gasteiger partial charge on any atom is -0.475 e. The summed E-state index contributed by atoms with van der Waals surface area (Å²) in [5.41, 5.74) is -0.383. The molecule has 1 aromatic heterocycles. The molecule has 0 fully saturated rings. The van der Waals surface area contributed by atoms with E-state index in [1.165, 1.54) is 29.8 Å². The van der Waals surface area contributed by atoms with E-state index in [9.17, 15) is 24.0 Å². The third kappa shape index (κ3) is 2.52. The van der Waals surface area contributed by atoms with Gasteiger partial charge in [0.2, 0.25) is 0 Å². The summed E-state index contributed by atoms with van der Waals surface area (Å²) >= 11 is 0. The fraction of sp³-hybridized carbons (Fsp3) is 0.167. The number of amides is 2. The number of benzene rings is 1. The number of aryl methyl sites for hydroxylation is 1. The van der Waals surface area contributed by atoms with Crippen molar-refractivity contribution < 1.29 is 24.3 Å². The van der Waals surface area contributed by atoms with Crippen molar-refractivity contribution in [3.8, 4) is 0 Å².